The number of hydrogen-bond acceptors (Lipinski definition) is 7. The van der Waals surface area contributed by atoms with E-state index in [1.54, 1.807) is 7.11 Å². The van der Waals surface area contributed by atoms with E-state index in [2.05, 4.69) is 20.2 Å². The Balaban J connectivity index is 2.13. The van der Waals surface area contributed by atoms with Gasteiger partial charge in [0.15, 0.2) is 11.4 Å². The third-order valence-corrected chi connectivity index (χ3v) is 3.87. The first-order chi connectivity index (χ1) is 11.2. The van der Waals surface area contributed by atoms with Gasteiger partial charge in [-0.25, -0.2) is 9.97 Å². The van der Waals surface area contributed by atoms with Crippen molar-refractivity contribution in [2.24, 2.45) is 0 Å². The molecule has 0 unspecified atom stereocenters. The molecule has 122 valence electrons. The van der Waals surface area contributed by atoms with E-state index < -0.39 is 0 Å². The molecule has 0 aliphatic heterocycles. The number of carbonyl (C=O) groups excluding carboxylic acids is 1. The SMILES string of the molecule is COCCN(C)c1ccc(Nc2nc(SC)ncc2C=O)cc1. The van der Waals surface area contributed by atoms with Crippen LogP contribution in [0.1, 0.15) is 10.4 Å². The fraction of sp³-hybridized carbons (Fsp3) is 0.312. The molecule has 0 atom stereocenters. The summed E-state index contributed by atoms with van der Waals surface area (Å²) in [5.74, 6) is 0.514. The summed E-state index contributed by atoms with van der Waals surface area (Å²) in [6, 6.07) is 7.92. The molecular weight excluding hydrogens is 312 g/mol. The summed E-state index contributed by atoms with van der Waals surface area (Å²) in [6.07, 6.45) is 4.17. The number of benzene rings is 1. The van der Waals surface area contributed by atoms with Gasteiger partial charge < -0.3 is 15.0 Å². The van der Waals surface area contributed by atoms with E-state index in [0.717, 1.165) is 24.2 Å². The molecule has 7 heteroatoms. The van der Waals surface area contributed by atoms with Crippen LogP contribution in [0.3, 0.4) is 0 Å². The minimum absolute atomic E-state index is 0.434. The predicted molar refractivity (Wildman–Crippen MR) is 94.1 cm³/mol. The minimum atomic E-state index is 0.434. The third-order valence-electron chi connectivity index (χ3n) is 3.31. The van der Waals surface area contributed by atoms with Crippen molar-refractivity contribution in [3.63, 3.8) is 0 Å². The maximum absolute atomic E-state index is 11.1. The number of nitrogens with one attached hydrogen (secondary N) is 1. The average molecular weight is 332 g/mol. The van der Waals surface area contributed by atoms with Crippen LogP contribution < -0.4 is 10.2 Å². The molecule has 2 rings (SSSR count). The lowest BCUT2D eigenvalue weighted by atomic mass is 10.2. The molecule has 0 amide bonds. The maximum atomic E-state index is 11.1. The Bertz CT molecular complexity index is 649. The highest BCUT2D eigenvalue weighted by Gasteiger charge is 2.07. The fourth-order valence-electron chi connectivity index (χ4n) is 1.95. The van der Waals surface area contributed by atoms with E-state index >= 15 is 0 Å². The van der Waals surface area contributed by atoms with Gasteiger partial charge in [0.1, 0.15) is 5.82 Å². The first-order valence-corrected chi connectivity index (χ1v) is 8.33. The summed E-state index contributed by atoms with van der Waals surface area (Å²) in [4.78, 5) is 21.7. The van der Waals surface area contributed by atoms with Gasteiger partial charge in [0.05, 0.1) is 12.2 Å². The number of rotatable bonds is 8. The molecule has 2 aromatic rings. The lowest BCUT2D eigenvalue weighted by molar-refractivity contribution is 0.112. The van der Waals surface area contributed by atoms with Crippen molar-refractivity contribution in [1.29, 1.82) is 0 Å². The number of nitrogens with zero attached hydrogens (tertiary/aromatic N) is 3. The number of hydrogen-bond donors (Lipinski definition) is 1. The smallest absolute Gasteiger partial charge is 0.189 e. The van der Waals surface area contributed by atoms with Crippen LogP contribution in [0.15, 0.2) is 35.6 Å². The van der Waals surface area contributed by atoms with Crippen LogP contribution in [0.4, 0.5) is 17.2 Å². The average Bonchev–Trinajstić information content (AvgIpc) is 2.60. The Morgan fingerprint density at radius 3 is 2.70 bits per heavy atom. The molecule has 0 saturated heterocycles. The number of methoxy groups -OCH3 is 1. The van der Waals surface area contributed by atoms with Crippen LogP contribution >= 0.6 is 11.8 Å². The molecule has 0 saturated carbocycles. The van der Waals surface area contributed by atoms with Gasteiger partial charge in [-0.1, -0.05) is 11.8 Å². The summed E-state index contributed by atoms with van der Waals surface area (Å²) < 4.78 is 5.08. The molecule has 0 aliphatic rings. The first-order valence-electron chi connectivity index (χ1n) is 7.11. The largest absolute Gasteiger partial charge is 0.383 e. The molecule has 6 nitrogen and oxygen atoms in total. The van der Waals surface area contributed by atoms with Crippen LogP contribution in [0, 0.1) is 0 Å². The number of anilines is 3. The van der Waals surface area contributed by atoms with Crippen molar-refractivity contribution in [2.45, 2.75) is 5.16 Å². The molecule has 0 fully saturated rings. The van der Waals surface area contributed by atoms with E-state index in [4.69, 9.17) is 4.74 Å². The van der Waals surface area contributed by atoms with Crippen LogP contribution in [0.5, 0.6) is 0 Å². The summed E-state index contributed by atoms with van der Waals surface area (Å²) in [5.41, 5.74) is 2.39. The fourth-order valence-corrected chi connectivity index (χ4v) is 2.29. The number of carbonyl (C=O) groups is 1. The molecule has 0 aliphatic carbocycles. The van der Waals surface area contributed by atoms with Crippen molar-refractivity contribution >= 4 is 35.2 Å². The highest BCUT2D eigenvalue weighted by atomic mass is 32.2. The Hall–Kier alpha value is -2.12. The molecule has 23 heavy (non-hydrogen) atoms. The van der Waals surface area contributed by atoms with Gasteiger partial charge in [-0.2, -0.15) is 0 Å². The van der Waals surface area contributed by atoms with Crippen LogP contribution in [0.2, 0.25) is 0 Å². The van der Waals surface area contributed by atoms with Gasteiger partial charge in [0.2, 0.25) is 0 Å². The van der Waals surface area contributed by atoms with E-state index in [1.165, 1.54) is 18.0 Å². The third kappa shape index (κ3) is 4.67. The lowest BCUT2D eigenvalue weighted by Crippen LogP contribution is -2.21. The van der Waals surface area contributed by atoms with E-state index in [1.807, 2.05) is 37.6 Å². The first kappa shape index (κ1) is 17.2. The lowest BCUT2D eigenvalue weighted by Gasteiger charge is -2.19. The molecule has 1 N–H and O–H groups in total. The number of aldehydes is 1. The van der Waals surface area contributed by atoms with E-state index in [9.17, 15) is 4.79 Å². The highest BCUT2D eigenvalue weighted by Crippen LogP contribution is 2.22. The van der Waals surface area contributed by atoms with Crippen molar-refractivity contribution in [3.05, 3.63) is 36.0 Å². The van der Waals surface area contributed by atoms with Gasteiger partial charge in [0.25, 0.3) is 0 Å². The van der Waals surface area contributed by atoms with Gasteiger partial charge in [-0.05, 0) is 30.5 Å². The highest BCUT2D eigenvalue weighted by molar-refractivity contribution is 7.98. The number of aromatic nitrogens is 2. The molecule has 0 bridgehead atoms. The second kappa shape index (κ2) is 8.50. The maximum Gasteiger partial charge on any atom is 0.189 e. The standard InChI is InChI=1S/C16H20N4O2S/c1-20(8-9-22-2)14-6-4-13(5-7-14)18-15-12(11-21)10-17-16(19-15)23-3/h4-7,10-11H,8-9H2,1-3H3,(H,17,18,19). The monoisotopic (exact) mass is 332 g/mol. The van der Waals surface area contributed by atoms with Gasteiger partial charge in [-0.3, -0.25) is 4.79 Å². The molecular formula is C16H20N4O2S. The number of thioether (sulfide) groups is 1. The number of ether oxygens (including phenoxy) is 1. The van der Waals surface area contributed by atoms with Crippen LogP contribution in [-0.2, 0) is 4.74 Å². The summed E-state index contributed by atoms with van der Waals surface area (Å²) in [5, 5.41) is 3.79. The summed E-state index contributed by atoms with van der Waals surface area (Å²) in [7, 11) is 3.71. The molecule has 0 radical (unpaired) electrons. The van der Waals surface area contributed by atoms with Crippen LogP contribution in [-0.4, -0.2) is 49.8 Å². The Morgan fingerprint density at radius 1 is 1.35 bits per heavy atom. The molecule has 0 spiro atoms. The van der Waals surface area contributed by atoms with Crippen LogP contribution in [0.25, 0.3) is 0 Å². The normalized spacial score (nSPS) is 10.4. The molecule has 1 heterocycles. The Kier molecular flexibility index (Phi) is 6.37. The zero-order valence-electron chi connectivity index (χ0n) is 13.4. The Labute approximate surface area is 140 Å². The van der Waals surface area contributed by atoms with E-state index in [0.29, 0.717) is 23.1 Å². The second-order valence-corrected chi connectivity index (χ2v) is 5.64. The predicted octanol–water partition coefficient (Wildman–Crippen LogP) is 2.84. The summed E-state index contributed by atoms with van der Waals surface area (Å²) >= 11 is 1.43. The van der Waals surface area contributed by atoms with Gasteiger partial charge in [-0.15, -0.1) is 0 Å². The zero-order valence-corrected chi connectivity index (χ0v) is 14.3. The number of likely N-dealkylation sites (N-methyl/N-ethyl adjacent to an activating group) is 1. The van der Waals surface area contributed by atoms with Crippen molar-refractivity contribution < 1.29 is 9.53 Å². The van der Waals surface area contributed by atoms with Gasteiger partial charge >= 0.3 is 0 Å². The zero-order chi connectivity index (χ0) is 16.7. The van der Waals surface area contributed by atoms with Crippen molar-refractivity contribution in [2.75, 3.05) is 43.8 Å². The summed E-state index contributed by atoms with van der Waals surface area (Å²) in [6.45, 7) is 1.50. The second-order valence-electron chi connectivity index (χ2n) is 4.86. The quantitative estimate of drug-likeness (QED) is 0.453. The van der Waals surface area contributed by atoms with Gasteiger partial charge in [0, 0.05) is 38.3 Å². The topological polar surface area (TPSA) is 67.3 Å². The minimum Gasteiger partial charge on any atom is -0.383 e. The van der Waals surface area contributed by atoms with Crippen molar-refractivity contribution in [1.82, 2.24) is 9.97 Å². The molecule has 1 aromatic carbocycles. The Morgan fingerprint density at radius 2 is 2.09 bits per heavy atom. The molecule has 1 aromatic heterocycles. The van der Waals surface area contributed by atoms with E-state index in [-0.39, 0.29) is 0 Å². The van der Waals surface area contributed by atoms with Crippen molar-refractivity contribution in [3.8, 4) is 0 Å².